The Labute approximate surface area is 232 Å². The van der Waals surface area contributed by atoms with Crippen molar-refractivity contribution in [3.8, 4) is 0 Å². The van der Waals surface area contributed by atoms with Gasteiger partial charge in [0.2, 0.25) is 11.8 Å². The van der Waals surface area contributed by atoms with Gasteiger partial charge in [0.15, 0.2) is 0 Å². The Morgan fingerprint density at radius 2 is 1.70 bits per heavy atom. The zero-order valence-corrected chi connectivity index (χ0v) is 23.3. The Kier molecular flexibility index (Phi) is 11.3. The van der Waals surface area contributed by atoms with Crippen molar-refractivity contribution in [2.24, 2.45) is 0 Å². The van der Waals surface area contributed by atoms with E-state index in [-0.39, 0.29) is 36.0 Å². The molecule has 0 heterocycles. The van der Waals surface area contributed by atoms with Crippen molar-refractivity contribution in [1.29, 1.82) is 0 Å². The number of carbonyl (C=O) groups is 2. The summed E-state index contributed by atoms with van der Waals surface area (Å²) in [5.74, 6) is -0.330. The van der Waals surface area contributed by atoms with E-state index in [0.717, 1.165) is 12.0 Å². The van der Waals surface area contributed by atoms with Gasteiger partial charge in [0.05, 0.1) is 5.75 Å². The molecule has 196 valence electrons. The lowest BCUT2D eigenvalue weighted by molar-refractivity contribution is -0.139. The van der Waals surface area contributed by atoms with Gasteiger partial charge in [-0.1, -0.05) is 84.7 Å². The summed E-state index contributed by atoms with van der Waals surface area (Å²) < 4.78 is 14.1. The molecule has 0 radical (unpaired) electrons. The Morgan fingerprint density at radius 3 is 2.38 bits per heavy atom. The third-order valence-electron chi connectivity index (χ3n) is 6.07. The number of hydrogen-bond acceptors (Lipinski definition) is 3. The van der Waals surface area contributed by atoms with Gasteiger partial charge in [0, 0.05) is 34.8 Å². The van der Waals surface area contributed by atoms with Crippen LogP contribution in [0, 0.1) is 5.82 Å². The molecule has 2 unspecified atom stereocenters. The molecule has 0 aromatic heterocycles. The zero-order chi connectivity index (χ0) is 26.8. The Morgan fingerprint density at radius 1 is 1.00 bits per heavy atom. The van der Waals surface area contributed by atoms with E-state index in [1.54, 1.807) is 41.3 Å². The number of nitrogens with zero attached hydrogens (tertiary/aromatic N) is 1. The van der Waals surface area contributed by atoms with Gasteiger partial charge >= 0.3 is 0 Å². The Bertz CT molecular complexity index is 1200. The number of thioether (sulfide) groups is 1. The molecule has 0 spiro atoms. The van der Waals surface area contributed by atoms with Gasteiger partial charge in [-0.05, 0) is 48.2 Å². The van der Waals surface area contributed by atoms with Crippen LogP contribution >= 0.6 is 35.0 Å². The summed E-state index contributed by atoms with van der Waals surface area (Å²) in [4.78, 5) is 28.7. The minimum Gasteiger partial charge on any atom is -0.352 e. The average molecular weight is 562 g/mol. The standard InChI is InChI=1S/C29H31Cl2FN2O2S/c1-3-20(2)33-29(36)27(15-21-9-5-4-6-10-21)34(17-22-13-14-24(30)16-25(22)31)28(35)19-37-18-23-11-7-8-12-26(23)32/h4-14,16,20,27H,3,15,17-19H2,1-2H3,(H,33,36). The van der Waals surface area contributed by atoms with Crippen LogP contribution in [-0.2, 0) is 28.3 Å². The minimum absolute atomic E-state index is 0.0442. The van der Waals surface area contributed by atoms with Crippen molar-refractivity contribution in [3.63, 3.8) is 0 Å². The summed E-state index contributed by atoms with van der Waals surface area (Å²) in [5, 5.41) is 3.95. The molecule has 37 heavy (non-hydrogen) atoms. The fraction of sp³-hybridized carbons (Fsp3) is 0.310. The van der Waals surface area contributed by atoms with E-state index in [1.807, 2.05) is 44.2 Å². The maximum absolute atomic E-state index is 14.1. The fourth-order valence-electron chi connectivity index (χ4n) is 3.78. The van der Waals surface area contributed by atoms with E-state index < -0.39 is 6.04 Å². The van der Waals surface area contributed by atoms with Gasteiger partial charge < -0.3 is 10.2 Å². The summed E-state index contributed by atoms with van der Waals surface area (Å²) in [6, 6.07) is 20.4. The number of rotatable bonds is 12. The molecular weight excluding hydrogens is 530 g/mol. The second kappa shape index (κ2) is 14.4. The summed E-state index contributed by atoms with van der Waals surface area (Å²) in [5.41, 5.74) is 2.15. The molecule has 3 aromatic rings. The molecule has 3 rings (SSSR count). The van der Waals surface area contributed by atoms with Crippen LogP contribution in [0.25, 0.3) is 0 Å². The van der Waals surface area contributed by atoms with Gasteiger partial charge in [-0.3, -0.25) is 9.59 Å². The number of carbonyl (C=O) groups excluding carboxylic acids is 2. The van der Waals surface area contributed by atoms with Crippen LogP contribution in [0.5, 0.6) is 0 Å². The second-order valence-electron chi connectivity index (χ2n) is 8.86. The molecule has 3 aromatic carbocycles. The van der Waals surface area contributed by atoms with Crippen molar-refractivity contribution >= 4 is 46.8 Å². The second-order valence-corrected chi connectivity index (χ2v) is 10.7. The Balaban J connectivity index is 1.89. The molecular formula is C29H31Cl2FN2O2S. The summed E-state index contributed by atoms with van der Waals surface area (Å²) >= 11 is 13.9. The third kappa shape index (κ3) is 8.77. The molecule has 0 saturated carbocycles. The van der Waals surface area contributed by atoms with Gasteiger partial charge in [-0.25, -0.2) is 4.39 Å². The molecule has 0 aliphatic carbocycles. The highest BCUT2D eigenvalue weighted by molar-refractivity contribution is 7.99. The van der Waals surface area contributed by atoms with Gasteiger partial charge in [0.25, 0.3) is 0 Å². The van der Waals surface area contributed by atoms with Crippen LogP contribution in [0.4, 0.5) is 4.39 Å². The Hall–Kier alpha value is -2.54. The van der Waals surface area contributed by atoms with E-state index in [4.69, 9.17) is 23.2 Å². The highest BCUT2D eigenvalue weighted by Crippen LogP contribution is 2.25. The summed E-state index contributed by atoms with van der Waals surface area (Å²) in [7, 11) is 0. The zero-order valence-electron chi connectivity index (χ0n) is 20.9. The molecule has 8 heteroatoms. The van der Waals surface area contributed by atoms with Crippen molar-refractivity contribution in [2.45, 2.75) is 51.1 Å². The molecule has 1 N–H and O–H groups in total. The van der Waals surface area contributed by atoms with Crippen LogP contribution in [0.15, 0.2) is 72.8 Å². The van der Waals surface area contributed by atoms with E-state index >= 15 is 0 Å². The topological polar surface area (TPSA) is 49.4 Å². The first kappa shape index (κ1) is 29.0. The SMILES string of the molecule is CCC(C)NC(=O)C(Cc1ccccc1)N(Cc1ccc(Cl)cc1Cl)C(=O)CSCc1ccccc1F. The van der Waals surface area contributed by atoms with E-state index in [1.165, 1.54) is 17.8 Å². The number of nitrogens with one attached hydrogen (secondary N) is 1. The molecule has 2 atom stereocenters. The number of amides is 2. The van der Waals surface area contributed by atoms with Crippen LogP contribution < -0.4 is 5.32 Å². The highest BCUT2D eigenvalue weighted by Gasteiger charge is 2.31. The normalized spacial score (nSPS) is 12.6. The predicted molar refractivity (Wildman–Crippen MR) is 151 cm³/mol. The lowest BCUT2D eigenvalue weighted by atomic mass is 10.0. The first-order chi connectivity index (χ1) is 17.8. The number of benzene rings is 3. The summed E-state index contributed by atoms with van der Waals surface area (Å²) in [6.45, 7) is 4.07. The molecule has 0 fully saturated rings. The maximum atomic E-state index is 14.1. The third-order valence-corrected chi connectivity index (χ3v) is 7.62. The largest absolute Gasteiger partial charge is 0.352 e. The molecule has 0 aliphatic heterocycles. The van der Waals surface area contributed by atoms with E-state index in [9.17, 15) is 14.0 Å². The van der Waals surface area contributed by atoms with E-state index in [2.05, 4.69) is 5.32 Å². The highest BCUT2D eigenvalue weighted by atomic mass is 35.5. The van der Waals surface area contributed by atoms with Crippen LogP contribution in [0.2, 0.25) is 10.0 Å². The maximum Gasteiger partial charge on any atom is 0.243 e. The van der Waals surface area contributed by atoms with Crippen LogP contribution in [-0.4, -0.2) is 34.6 Å². The monoisotopic (exact) mass is 560 g/mol. The fourth-order valence-corrected chi connectivity index (χ4v) is 5.14. The predicted octanol–water partition coefficient (Wildman–Crippen LogP) is 6.92. The first-order valence-corrected chi connectivity index (χ1v) is 14.1. The van der Waals surface area contributed by atoms with Crippen LogP contribution in [0.1, 0.15) is 37.0 Å². The minimum atomic E-state index is -0.760. The van der Waals surface area contributed by atoms with Crippen molar-refractivity contribution < 1.29 is 14.0 Å². The van der Waals surface area contributed by atoms with Crippen molar-refractivity contribution in [2.75, 3.05) is 5.75 Å². The van der Waals surface area contributed by atoms with Crippen LogP contribution in [0.3, 0.4) is 0 Å². The average Bonchev–Trinajstić information content (AvgIpc) is 2.88. The molecule has 2 amide bonds. The number of halogens is 3. The molecule has 0 aliphatic rings. The summed E-state index contributed by atoms with van der Waals surface area (Å²) in [6.07, 6.45) is 1.11. The lowest BCUT2D eigenvalue weighted by Crippen LogP contribution is -2.52. The lowest BCUT2D eigenvalue weighted by Gasteiger charge is -2.32. The van der Waals surface area contributed by atoms with Gasteiger partial charge in [-0.15, -0.1) is 11.8 Å². The van der Waals surface area contributed by atoms with Crippen molar-refractivity contribution in [1.82, 2.24) is 10.2 Å². The molecule has 0 saturated heterocycles. The molecule has 0 bridgehead atoms. The first-order valence-electron chi connectivity index (χ1n) is 12.2. The quantitative estimate of drug-likeness (QED) is 0.261. The van der Waals surface area contributed by atoms with Gasteiger partial charge in [0.1, 0.15) is 11.9 Å². The molecule has 4 nitrogen and oxygen atoms in total. The van der Waals surface area contributed by atoms with Crippen molar-refractivity contribution in [3.05, 3.63) is 105 Å². The van der Waals surface area contributed by atoms with Gasteiger partial charge in [-0.2, -0.15) is 0 Å². The number of hydrogen-bond donors (Lipinski definition) is 1. The smallest absolute Gasteiger partial charge is 0.243 e. The van der Waals surface area contributed by atoms with E-state index in [0.29, 0.717) is 33.3 Å².